The van der Waals surface area contributed by atoms with Crippen molar-refractivity contribution in [3.63, 3.8) is 0 Å². The molecule has 1 aliphatic rings. The summed E-state index contributed by atoms with van der Waals surface area (Å²) in [6.45, 7) is 4.09. The number of aryl methyl sites for hydroxylation is 1. The predicted molar refractivity (Wildman–Crippen MR) is 124 cm³/mol. The molecule has 1 fully saturated rings. The molecule has 2 aromatic carbocycles. The van der Waals surface area contributed by atoms with Crippen molar-refractivity contribution in [3.8, 4) is 5.75 Å². The van der Waals surface area contributed by atoms with Gasteiger partial charge in [-0.05, 0) is 61.5 Å². The standard InChI is InChI=1S/C24H29N3O3S/c1-30-22-9-7-21(8-10-22)18-26-23(28)27(31-24(26)29)16-13-19-11-14-25(15-12-19)17-20-5-3-2-4-6-20/h2-10,19H,11-18H2,1H3. The minimum absolute atomic E-state index is 0.196. The highest BCUT2D eigenvalue weighted by Gasteiger charge is 2.20. The second-order valence-electron chi connectivity index (χ2n) is 8.17. The van der Waals surface area contributed by atoms with Crippen molar-refractivity contribution in [1.29, 1.82) is 0 Å². The number of benzene rings is 2. The van der Waals surface area contributed by atoms with Gasteiger partial charge in [-0.25, -0.2) is 13.3 Å². The monoisotopic (exact) mass is 439 g/mol. The summed E-state index contributed by atoms with van der Waals surface area (Å²) < 4.78 is 8.12. The quantitative estimate of drug-likeness (QED) is 0.540. The van der Waals surface area contributed by atoms with Gasteiger partial charge in [0.15, 0.2) is 0 Å². The highest BCUT2D eigenvalue weighted by atomic mass is 32.1. The Hall–Kier alpha value is -2.64. The number of hydrogen-bond donors (Lipinski definition) is 0. The molecule has 1 aromatic heterocycles. The van der Waals surface area contributed by atoms with E-state index in [0.29, 0.717) is 19.0 Å². The first-order valence-corrected chi connectivity index (χ1v) is 11.6. The molecule has 3 aromatic rings. The zero-order valence-electron chi connectivity index (χ0n) is 17.9. The van der Waals surface area contributed by atoms with Gasteiger partial charge in [0.25, 0.3) is 0 Å². The maximum Gasteiger partial charge on any atom is 0.341 e. The topological polar surface area (TPSA) is 56.5 Å². The Balaban J connectivity index is 1.30. The molecule has 0 saturated carbocycles. The van der Waals surface area contributed by atoms with Crippen LogP contribution in [0.5, 0.6) is 5.75 Å². The fraction of sp³-hybridized carbons (Fsp3) is 0.417. The molecule has 31 heavy (non-hydrogen) atoms. The lowest BCUT2D eigenvalue weighted by Crippen LogP contribution is -2.34. The Bertz CT molecular complexity index is 1080. The molecule has 0 bridgehead atoms. The van der Waals surface area contributed by atoms with Gasteiger partial charge in [-0.2, -0.15) is 0 Å². The molecule has 0 spiro atoms. The van der Waals surface area contributed by atoms with Crippen LogP contribution in [-0.4, -0.2) is 33.6 Å². The van der Waals surface area contributed by atoms with E-state index in [1.807, 2.05) is 24.3 Å². The molecule has 0 radical (unpaired) electrons. The van der Waals surface area contributed by atoms with Crippen LogP contribution < -0.4 is 15.3 Å². The largest absolute Gasteiger partial charge is 0.497 e. The summed E-state index contributed by atoms with van der Waals surface area (Å²) in [5.41, 5.74) is 2.07. The Morgan fingerprint density at radius 2 is 1.61 bits per heavy atom. The Morgan fingerprint density at radius 3 is 2.29 bits per heavy atom. The number of nitrogens with zero attached hydrogens (tertiary/aromatic N) is 3. The van der Waals surface area contributed by atoms with Crippen LogP contribution in [0.15, 0.2) is 64.2 Å². The number of ether oxygens (including phenoxy) is 1. The number of rotatable bonds is 8. The molecule has 6 nitrogen and oxygen atoms in total. The molecule has 1 aliphatic heterocycles. The average molecular weight is 440 g/mol. The zero-order valence-corrected chi connectivity index (χ0v) is 18.7. The molecular formula is C24H29N3O3S. The molecule has 0 unspecified atom stereocenters. The van der Waals surface area contributed by atoms with Crippen molar-refractivity contribution in [3.05, 3.63) is 85.9 Å². The first-order valence-electron chi connectivity index (χ1n) is 10.8. The molecule has 1 saturated heterocycles. The van der Waals surface area contributed by atoms with Gasteiger partial charge in [-0.15, -0.1) is 0 Å². The summed E-state index contributed by atoms with van der Waals surface area (Å²) in [6.07, 6.45) is 3.23. The van der Waals surface area contributed by atoms with Gasteiger partial charge in [-0.3, -0.25) is 9.69 Å². The summed E-state index contributed by atoms with van der Waals surface area (Å²) in [5, 5.41) is 0. The van der Waals surface area contributed by atoms with E-state index in [4.69, 9.17) is 4.74 Å². The van der Waals surface area contributed by atoms with Gasteiger partial charge in [0.2, 0.25) is 0 Å². The van der Waals surface area contributed by atoms with Crippen molar-refractivity contribution in [2.75, 3.05) is 20.2 Å². The van der Waals surface area contributed by atoms with Crippen LogP contribution in [0.3, 0.4) is 0 Å². The fourth-order valence-electron chi connectivity index (χ4n) is 4.16. The van der Waals surface area contributed by atoms with E-state index in [9.17, 15) is 9.59 Å². The van der Waals surface area contributed by atoms with Gasteiger partial charge in [0.05, 0.1) is 13.7 Å². The van der Waals surface area contributed by atoms with E-state index >= 15 is 0 Å². The van der Waals surface area contributed by atoms with Crippen LogP contribution in [0.25, 0.3) is 0 Å². The lowest BCUT2D eigenvalue weighted by molar-refractivity contribution is 0.169. The van der Waals surface area contributed by atoms with E-state index in [0.717, 1.165) is 61.7 Å². The van der Waals surface area contributed by atoms with Gasteiger partial charge >= 0.3 is 10.6 Å². The zero-order chi connectivity index (χ0) is 21.6. The second-order valence-corrected chi connectivity index (χ2v) is 9.14. The summed E-state index contributed by atoms with van der Waals surface area (Å²) in [4.78, 5) is 27.4. The third kappa shape index (κ3) is 5.54. The Labute approximate surface area is 186 Å². The summed E-state index contributed by atoms with van der Waals surface area (Å²) in [6, 6.07) is 18.0. The van der Waals surface area contributed by atoms with Crippen LogP contribution in [0.1, 0.15) is 30.4 Å². The van der Waals surface area contributed by atoms with E-state index in [-0.39, 0.29) is 10.6 Å². The third-order valence-corrected chi connectivity index (χ3v) is 6.98. The first kappa shape index (κ1) is 21.6. The van der Waals surface area contributed by atoms with Gasteiger partial charge < -0.3 is 4.74 Å². The van der Waals surface area contributed by atoms with Crippen LogP contribution in [0, 0.1) is 5.92 Å². The summed E-state index contributed by atoms with van der Waals surface area (Å²) in [7, 11) is 1.62. The number of piperidine rings is 1. The van der Waals surface area contributed by atoms with Crippen molar-refractivity contribution in [2.45, 2.75) is 38.9 Å². The highest BCUT2D eigenvalue weighted by molar-refractivity contribution is 7.03. The number of aromatic nitrogens is 2. The molecule has 0 N–H and O–H groups in total. The van der Waals surface area contributed by atoms with Crippen molar-refractivity contribution in [1.82, 2.24) is 13.4 Å². The molecule has 0 aliphatic carbocycles. The number of likely N-dealkylation sites (tertiary alicyclic amines) is 1. The van der Waals surface area contributed by atoms with Crippen molar-refractivity contribution in [2.24, 2.45) is 5.92 Å². The van der Waals surface area contributed by atoms with Gasteiger partial charge in [-0.1, -0.05) is 42.5 Å². The molecule has 164 valence electrons. The van der Waals surface area contributed by atoms with Crippen molar-refractivity contribution < 1.29 is 4.74 Å². The van der Waals surface area contributed by atoms with E-state index in [1.165, 1.54) is 10.1 Å². The minimum Gasteiger partial charge on any atom is -0.497 e. The lowest BCUT2D eigenvalue weighted by atomic mass is 9.93. The van der Waals surface area contributed by atoms with Crippen LogP contribution in [-0.2, 0) is 19.6 Å². The minimum atomic E-state index is -0.202. The molecular weight excluding hydrogens is 410 g/mol. The van der Waals surface area contributed by atoms with Gasteiger partial charge in [0.1, 0.15) is 5.75 Å². The van der Waals surface area contributed by atoms with E-state index in [1.54, 1.807) is 11.1 Å². The Morgan fingerprint density at radius 1 is 0.935 bits per heavy atom. The van der Waals surface area contributed by atoms with Crippen LogP contribution in [0.4, 0.5) is 0 Å². The van der Waals surface area contributed by atoms with E-state index in [2.05, 4.69) is 35.2 Å². The fourth-order valence-corrected chi connectivity index (χ4v) is 4.96. The third-order valence-electron chi connectivity index (χ3n) is 6.05. The average Bonchev–Trinajstić information content (AvgIpc) is 3.07. The maximum absolute atomic E-state index is 12.7. The van der Waals surface area contributed by atoms with E-state index < -0.39 is 0 Å². The lowest BCUT2D eigenvalue weighted by Gasteiger charge is -2.32. The predicted octanol–water partition coefficient (Wildman–Crippen LogP) is 3.43. The molecule has 4 rings (SSSR count). The normalized spacial score (nSPS) is 15.3. The molecule has 0 atom stereocenters. The van der Waals surface area contributed by atoms with Crippen LogP contribution >= 0.6 is 11.5 Å². The SMILES string of the molecule is COc1ccc(Cn2c(=O)sn(CCC3CCN(Cc4ccccc4)CC3)c2=O)cc1. The highest BCUT2D eigenvalue weighted by Crippen LogP contribution is 2.22. The van der Waals surface area contributed by atoms with Crippen LogP contribution in [0.2, 0.25) is 0 Å². The number of hydrogen-bond acceptors (Lipinski definition) is 5. The molecule has 7 heteroatoms. The summed E-state index contributed by atoms with van der Waals surface area (Å²) in [5.74, 6) is 1.36. The first-order chi connectivity index (χ1) is 15.1. The second kappa shape index (κ2) is 10.1. The van der Waals surface area contributed by atoms with Crippen molar-refractivity contribution >= 4 is 11.5 Å². The Kier molecular flexibility index (Phi) is 7.04. The number of methoxy groups -OCH3 is 1. The summed E-state index contributed by atoms with van der Waals surface area (Å²) >= 11 is 1.04. The molecule has 0 amide bonds. The maximum atomic E-state index is 12.7. The molecule has 2 heterocycles. The van der Waals surface area contributed by atoms with Gasteiger partial charge in [0, 0.05) is 24.6 Å². The smallest absolute Gasteiger partial charge is 0.341 e.